The van der Waals surface area contributed by atoms with Crippen LogP contribution in [-0.4, -0.2) is 84.8 Å². The van der Waals surface area contributed by atoms with Crippen LogP contribution in [-0.2, 0) is 31.8 Å². The number of fused-ring (bicyclic) bond motifs is 2. The number of rotatable bonds is 7. The Kier molecular flexibility index (Phi) is 11.7. The van der Waals surface area contributed by atoms with Gasteiger partial charge in [-0.1, -0.05) is 35.9 Å². The Labute approximate surface area is 331 Å². The highest BCUT2D eigenvalue weighted by atomic mass is 35.5. The molecule has 1 saturated heterocycles. The molecule has 2 aliphatic heterocycles. The number of hydrogen-bond acceptors (Lipinski definition) is 7. The summed E-state index contributed by atoms with van der Waals surface area (Å²) >= 11 is 6.65. The summed E-state index contributed by atoms with van der Waals surface area (Å²) in [5.74, 6) is -0.338. The van der Waals surface area contributed by atoms with Crippen molar-refractivity contribution < 1.29 is 14.3 Å². The van der Waals surface area contributed by atoms with Crippen molar-refractivity contribution in [3.05, 3.63) is 124 Å². The number of nitrogens with zero attached hydrogens (tertiary/aromatic N) is 8. The molecule has 0 aliphatic carbocycles. The van der Waals surface area contributed by atoms with Crippen LogP contribution in [0.15, 0.2) is 91.5 Å². The number of pyridine rings is 1. The standard InChI is InChI=1S/C40H39ClN8O3.2ClH/c1-26-35(40(51)49(31-10-12-43-44-23-31)32-19-28-11-13-45(2)38(28)42-22-32)21-37(46(26)3)36-20-30(41)8-9-34(36)39(50)48-24-29-7-5-4-6-27(29)18-33(48)25-47-14-16-52-17-15-47;;/h4-13,19-23,33H,14-18,24-25H2,1-3H3;2*1H/t33-;;/m0../s1. The van der Waals surface area contributed by atoms with Gasteiger partial charge in [0.05, 0.1) is 48.7 Å². The second-order valence-electron chi connectivity index (χ2n) is 13.5. The Morgan fingerprint density at radius 3 is 2.44 bits per heavy atom. The van der Waals surface area contributed by atoms with Gasteiger partial charge in [0.15, 0.2) is 0 Å². The molecule has 0 spiro atoms. The van der Waals surface area contributed by atoms with E-state index in [0.717, 1.165) is 48.3 Å². The van der Waals surface area contributed by atoms with Gasteiger partial charge in [-0.05, 0) is 66.9 Å². The van der Waals surface area contributed by atoms with Crippen LogP contribution < -0.4 is 4.90 Å². The van der Waals surface area contributed by atoms with Crippen LogP contribution in [0.1, 0.15) is 37.5 Å². The zero-order chi connectivity index (χ0) is 35.9. The van der Waals surface area contributed by atoms with Crippen LogP contribution in [0.3, 0.4) is 0 Å². The predicted molar refractivity (Wildman–Crippen MR) is 215 cm³/mol. The molecular formula is C40H41Cl3N8O3. The van der Waals surface area contributed by atoms with Crippen molar-refractivity contribution in [1.29, 1.82) is 0 Å². The van der Waals surface area contributed by atoms with E-state index in [0.29, 0.717) is 58.5 Å². The van der Waals surface area contributed by atoms with Crippen LogP contribution in [0.5, 0.6) is 0 Å². The Hall–Kier alpha value is -4.78. The van der Waals surface area contributed by atoms with E-state index in [-0.39, 0.29) is 42.7 Å². The number of anilines is 2. The van der Waals surface area contributed by atoms with Crippen LogP contribution in [0.4, 0.5) is 11.4 Å². The van der Waals surface area contributed by atoms with E-state index in [1.807, 2.05) is 77.6 Å². The Morgan fingerprint density at radius 1 is 0.907 bits per heavy atom. The van der Waals surface area contributed by atoms with Gasteiger partial charge >= 0.3 is 0 Å². The molecule has 54 heavy (non-hydrogen) atoms. The van der Waals surface area contributed by atoms with E-state index in [1.54, 1.807) is 35.6 Å². The number of aromatic nitrogens is 5. The van der Waals surface area contributed by atoms with Gasteiger partial charge < -0.3 is 18.8 Å². The highest BCUT2D eigenvalue weighted by molar-refractivity contribution is 6.31. The summed E-state index contributed by atoms with van der Waals surface area (Å²) < 4.78 is 9.50. The molecule has 4 aromatic heterocycles. The van der Waals surface area contributed by atoms with Crippen molar-refractivity contribution in [3.8, 4) is 11.3 Å². The van der Waals surface area contributed by atoms with Crippen LogP contribution >= 0.6 is 36.4 Å². The molecule has 8 rings (SSSR count). The van der Waals surface area contributed by atoms with Gasteiger partial charge in [-0.2, -0.15) is 10.2 Å². The minimum atomic E-state index is -0.266. The molecule has 6 heterocycles. The average molecular weight is 788 g/mol. The predicted octanol–water partition coefficient (Wildman–Crippen LogP) is 7.05. The number of carbonyl (C=O) groups is 2. The van der Waals surface area contributed by atoms with Crippen molar-refractivity contribution in [2.45, 2.75) is 25.9 Å². The van der Waals surface area contributed by atoms with Gasteiger partial charge in [0.1, 0.15) is 5.65 Å². The van der Waals surface area contributed by atoms with Gasteiger partial charge in [0.2, 0.25) is 0 Å². The van der Waals surface area contributed by atoms with E-state index >= 15 is 0 Å². The van der Waals surface area contributed by atoms with E-state index in [9.17, 15) is 9.59 Å². The maximum atomic E-state index is 14.8. The third kappa shape index (κ3) is 7.34. The molecule has 0 bridgehead atoms. The van der Waals surface area contributed by atoms with Crippen molar-refractivity contribution >= 4 is 70.6 Å². The summed E-state index contributed by atoms with van der Waals surface area (Å²) in [6.07, 6.45) is 7.52. The van der Waals surface area contributed by atoms with Crippen LogP contribution in [0.2, 0.25) is 5.02 Å². The third-order valence-electron chi connectivity index (χ3n) is 10.4. The molecule has 0 radical (unpaired) electrons. The number of benzene rings is 2. The van der Waals surface area contributed by atoms with Gasteiger partial charge in [0.25, 0.3) is 11.8 Å². The maximum absolute atomic E-state index is 14.8. The van der Waals surface area contributed by atoms with Crippen molar-refractivity contribution in [2.24, 2.45) is 14.1 Å². The molecule has 2 aromatic carbocycles. The SMILES string of the molecule is Cc1c(C(=O)N(c2ccnnc2)c2cnc3c(ccn3C)c2)cc(-c2cc(Cl)ccc2C(=O)N2Cc3ccccc3C[C@H]2CN2CCOCC2)n1C.Cl.Cl. The number of aryl methyl sites for hydroxylation is 1. The van der Waals surface area contributed by atoms with E-state index in [2.05, 4.69) is 38.3 Å². The second-order valence-corrected chi connectivity index (χ2v) is 14.0. The summed E-state index contributed by atoms with van der Waals surface area (Å²) in [6, 6.07) is 21.3. The lowest BCUT2D eigenvalue weighted by Crippen LogP contribution is -2.52. The lowest BCUT2D eigenvalue weighted by Gasteiger charge is -2.40. The fourth-order valence-corrected chi connectivity index (χ4v) is 7.67. The number of carbonyl (C=O) groups excluding carboxylic acids is 2. The Balaban J connectivity index is 0.00000249. The summed E-state index contributed by atoms with van der Waals surface area (Å²) in [7, 11) is 3.84. The molecule has 0 N–H and O–H groups in total. The van der Waals surface area contributed by atoms with Crippen LogP contribution in [0.25, 0.3) is 22.3 Å². The summed E-state index contributed by atoms with van der Waals surface area (Å²) in [4.78, 5) is 40.2. The number of ether oxygens (including phenoxy) is 1. The molecule has 280 valence electrons. The first-order chi connectivity index (χ1) is 25.3. The van der Waals surface area contributed by atoms with Gasteiger partial charge in [-0.25, -0.2) is 4.98 Å². The number of morpholine rings is 1. The van der Waals surface area contributed by atoms with E-state index in [1.165, 1.54) is 5.56 Å². The minimum absolute atomic E-state index is 0. The number of halogens is 3. The third-order valence-corrected chi connectivity index (χ3v) is 10.7. The monoisotopic (exact) mass is 786 g/mol. The molecule has 0 unspecified atom stereocenters. The summed E-state index contributed by atoms with van der Waals surface area (Å²) in [6.45, 7) is 6.25. The molecule has 0 saturated carbocycles. The first-order valence-corrected chi connectivity index (χ1v) is 17.8. The average Bonchev–Trinajstić information content (AvgIpc) is 3.69. The zero-order valence-electron chi connectivity index (χ0n) is 30.2. The highest BCUT2D eigenvalue weighted by Crippen LogP contribution is 2.36. The van der Waals surface area contributed by atoms with Crippen LogP contribution in [0, 0.1) is 6.92 Å². The fraction of sp³-hybridized carbons (Fsp3) is 0.275. The van der Waals surface area contributed by atoms with Crippen molar-refractivity contribution in [3.63, 3.8) is 0 Å². The second kappa shape index (κ2) is 16.3. The van der Waals surface area contributed by atoms with Crippen molar-refractivity contribution in [2.75, 3.05) is 37.7 Å². The quantitative estimate of drug-likeness (QED) is 0.171. The largest absolute Gasteiger partial charge is 0.379 e. The van der Waals surface area contributed by atoms with Gasteiger partial charge in [0, 0.05) is 85.4 Å². The fourth-order valence-electron chi connectivity index (χ4n) is 7.50. The molecule has 2 amide bonds. The Bertz CT molecular complexity index is 2300. The topological polar surface area (TPSA) is 102 Å². The Morgan fingerprint density at radius 2 is 1.69 bits per heavy atom. The zero-order valence-corrected chi connectivity index (χ0v) is 32.6. The lowest BCUT2D eigenvalue weighted by molar-refractivity contribution is 0.0193. The lowest BCUT2D eigenvalue weighted by atomic mass is 9.92. The molecule has 2 aliphatic rings. The number of amides is 2. The molecule has 1 atom stereocenters. The molecular weight excluding hydrogens is 747 g/mol. The first kappa shape index (κ1) is 38.9. The normalized spacial score (nSPS) is 15.6. The highest BCUT2D eigenvalue weighted by Gasteiger charge is 2.34. The number of hydrogen-bond donors (Lipinski definition) is 0. The molecule has 1 fully saturated rings. The summed E-state index contributed by atoms with van der Waals surface area (Å²) in [5.41, 5.74) is 7.49. The minimum Gasteiger partial charge on any atom is -0.379 e. The molecule has 11 nitrogen and oxygen atoms in total. The molecule has 14 heteroatoms. The smallest absolute Gasteiger partial charge is 0.264 e. The van der Waals surface area contributed by atoms with Gasteiger partial charge in [-0.3, -0.25) is 19.4 Å². The van der Waals surface area contributed by atoms with E-state index < -0.39 is 0 Å². The van der Waals surface area contributed by atoms with E-state index in [4.69, 9.17) is 16.3 Å². The molecule has 6 aromatic rings. The summed E-state index contributed by atoms with van der Waals surface area (Å²) in [5, 5.41) is 9.41. The van der Waals surface area contributed by atoms with Gasteiger partial charge in [-0.15, -0.1) is 24.8 Å². The van der Waals surface area contributed by atoms with Crippen molar-refractivity contribution in [1.82, 2.24) is 34.1 Å². The first-order valence-electron chi connectivity index (χ1n) is 17.4. The maximum Gasteiger partial charge on any atom is 0.264 e.